The van der Waals surface area contributed by atoms with Gasteiger partial charge in [0.1, 0.15) is 5.69 Å². The lowest BCUT2D eigenvalue weighted by molar-refractivity contribution is 0.0712. The van der Waals surface area contributed by atoms with E-state index in [0.717, 1.165) is 25.7 Å². The van der Waals surface area contributed by atoms with Crippen LogP contribution in [0.5, 0.6) is 0 Å². The minimum atomic E-state index is -0.486. The predicted molar refractivity (Wildman–Crippen MR) is 76.9 cm³/mol. The Morgan fingerprint density at radius 3 is 2.84 bits per heavy atom. The first kappa shape index (κ1) is 14.5. The lowest BCUT2D eigenvalue weighted by Gasteiger charge is -2.38. The molecule has 1 aliphatic carbocycles. The molecule has 4 nitrogen and oxygen atoms in total. The van der Waals surface area contributed by atoms with Crippen molar-refractivity contribution in [3.05, 3.63) is 28.5 Å². The summed E-state index contributed by atoms with van der Waals surface area (Å²) in [6.07, 6.45) is 5.30. The summed E-state index contributed by atoms with van der Waals surface area (Å²) in [5, 5.41) is 12.6. The molecule has 1 aromatic rings. The summed E-state index contributed by atoms with van der Waals surface area (Å²) < 4.78 is 0.671. The van der Waals surface area contributed by atoms with E-state index < -0.39 is 5.54 Å². The molecule has 0 aliphatic heterocycles. The zero-order chi connectivity index (χ0) is 13.9. The molecule has 0 radical (unpaired) electrons. The van der Waals surface area contributed by atoms with Crippen molar-refractivity contribution in [2.24, 2.45) is 5.92 Å². The van der Waals surface area contributed by atoms with Gasteiger partial charge in [0.25, 0.3) is 5.91 Å². The van der Waals surface area contributed by atoms with Crippen LogP contribution >= 0.6 is 15.9 Å². The van der Waals surface area contributed by atoms with Gasteiger partial charge in [-0.25, -0.2) is 4.98 Å². The number of carbonyl (C=O) groups excluding carboxylic acids is 1. The third-order valence-electron chi connectivity index (χ3n) is 3.89. The molecular formula is C14H19BrN2O2. The summed E-state index contributed by atoms with van der Waals surface area (Å²) in [5.74, 6) is 0.439. The van der Waals surface area contributed by atoms with Crippen LogP contribution in [0.4, 0.5) is 0 Å². The van der Waals surface area contributed by atoms with E-state index in [1.165, 1.54) is 0 Å². The summed E-state index contributed by atoms with van der Waals surface area (Å²) in [4.78, 5) is 16.3. The van der Waals surface area contributed by atoms with Gasteiger partial charge in [-0.2, -0.15) is 0 Å². The van der Waals surface area contributed by atoms with Gasteiger partial charge in [-0.3, -0.25) is 4.79 Å². The van der Waals surface area contributed by atoms with E-state index in [4.69, 9.17) is 0 Å². The van der Waals surface area contributed by atoms with Gasteiger partial charge in [0.15, 0.2) is 0 Å². The number of nitrogens with one attached hydrogen (secondary N) is 1. The van der Waals surface area contributed by atoms with Crippen LogP contribution < -0.4 is 5.32 Å². The minimum absolute atomic E-state index is 0.0179. The second-order valence-electron chi connectivity index (χ2n) is 5.41. The van der Waals surface area contributed by atoms with Crippen LogP contribution in [0.2, 0.25) is 0 Å². The highest BCUT2D eigenvalue weighted by atomic mass is 79.9. The molecule has 0 bridgehead atoms. The van der Waals surface area contributed by atoms with Gasteiger partial charge in [-0.05, 0) is 59.7 Å². The van der Waals surface area contributed by atoms with Gasteiger partial charge in [0, 0.05) is 10.7 Å². The topological polar surface area (TPSA) is 62.2 Å². The number of hydrogen-bond acceptors (Lipinski definition) is 3. The van der Waals surface area contributed by atoms with Gasteiger partial charge in [-0.15, -0.1) is 0 Å². The van der Waals surface area contributed by atoms with Gasteiger partial charge in [0.05, 0.1) is 12.1 Å². The highest BCUT2D eigenvalue weighted by molar-refractivity contribution is 9.10. The van der Waals surface area contributed by atoms with Crippen molar-refractivity contribution >= 4 is 21.8 Å². The van der Waals surface area contributed by atoms with Crippen molar-refractivity contribution < 1.29 is 9.90 Å². The van der Waals surface area contributed by atoms with Crippen molar-refractivity contribution in [2.45, 2.75) is 38.1 Å². The van der Waals surface area contributed by atoms with Crippen LogP contribution in [0.1, 0.15) is 43.1 Å². The van der Waals surface area contributed by atoms with Crippen molar-refractivity contribution in [1.29, 1.82) is 0 Å². The highest BCUT2D eigenvalue weighted by Crippen LogP contribution is 2.32. The SMILES string of the molecule is CC1CCC(CO)(NC(=O)c2ncccc2Br)CC1. The Kier molecular flexibility index (Phi) is 4.58. The van der Waals surface area contributed by atoms with Gasteiger partial charge < -0.3 is 10.4 Å². The smallest absolute Gasteiger partial charge is 0.271 e. The first-order valence-electron chi connectivity index (χ1n) is 6.60. The van der Waals surface area contributed by atoms with E-state index in [1.807, 2.05) is 0 Å². The molecule has 5 heteroatoms. The quantitative estimate of drug-likeness (QED) is 0.897. The molecular weight excluding hydrogens is 308 g/mol. The van der Waals surface area contributed by atoms with Crippen molar-refractivity contribution in [1.82, 2.24) is 10.3 Å². The number of rotatable bonds is 3. The van der Waals surface area contributed by atoms with Crippen LogP contribution in [0.25, 0.3) is 0 Å². The molecule has 0 unspecified atom stereocenters. The Hall–Kier alpha value is -0.940. The molecule has 0 spiro atoms. The molecule has 1 amide bonds. The van der Waals surface area contributed by atoms with Crippen molar-refractivity contribution in [3.63, 3.8) is 0 Å². The standard InChI is InChI=1S/C14H19BrN2O2/c1-10-4-6-14(9-18,7-5-10)17-13(19)12-11(15)3-2-8-16-12/h2-3,8,10,18H,4-7,9H2,1H3,(H,17,19). The highest BCUT2D eigenvalue weighted by Gasteiger charge is 2.35. The normalized spacial score (nSPS) is 27.0. The Balaban J connectivity index is 2.11. The van der Waals surface area contributed by atoms with E-state index in [0.29, 0.717) is 16.1 Å². The molecule has 2 N–H and O–H groups in total. The molecule has 104 valence electrons. The largest absolute Gasteiger partial charge is 0.394 e. The maximum atomic E-state index is 12.3. The van der Waals surface area contributed by atoms with E-state index in [9.17, 15) is 9.90 Å². The molecule has 1 saturated carbocycles. The molecule has 2 rings (SSSR count). The number of halogens is 1. The number of amides is 1. The molecule has 1 aliphatic rings. The third kappa shape index (κ3) is 3.34. The molecule has 1 heterocycles. The Morgan fingerprint density at radius 1 is 1.58 bits per heavy atom. The van der Waals surface area contributed by atoms with Crippen LogP contribution in [0.15, 0.2) is 22.8 Å². The predicted octanol–water partition coefficient (Wildman–Crippen LogP) is 2.52. The van der Waals surface area contributed by atoms with Crippen LogP contribution in [0.3, 0.4) is 0 Å². The summed E-state index contributed by atoms with van der Waals surface area (Å²) >= 11 is 3.32. The molecule has 0 atom stereocenters. The molecule has 0 saturated heterocycles. The fraction of sp³-hybridized carbons (Fsp3) is 0.571. The number of aliphatic hydroxyl groups is 1. The zero-order valence-electron chi connectivity index (χ0n) is 11.0. The molecule has 19 heavy (non-hydrogen) atoms. The number of aromatic nitrogens is 1. The van der Waals surface area contributed by atoms with Crippen molar-refractivity contribution in [3.8, 4) is 0 Å². The Labute approximate surface area is 121 Å². The summed E-state index contributed by atoms with van der Waals surface area (Å²) in [6.45, 7) is 2.19. The third-order valence-corrected chi connectivity index (χ3v) is 4.53. The van der Waals surface area contributed by atoms with Crippen LogP contribution in [-0.4, -0.2) is 28.1 Å². The number of aliphatic hydroxyl groups excluding tert-OH is 1. The maximum Gasteiger partial charge on any atom is 0.271 e. The van der Waals surface area contributed by atoms with E-state index >= 15 is 0 Å². The number of nitrogens with zero attached hydrogens (tertiary/aromatic N) is 1. The van der Waals surface area contributed by atoms with Gasteiger partial charge in [0.2, 0.25) is 0 Å². The monoisotopic (exact) mass is 326 g/mol. The maximum absolute atomic E-state index is 12.3. The Morgan fingerprint density at radius 2 is 2.26 bits per heavy atom. The first-order valence-corrected chi connectivity index (χ1v) is 7.39. The number of hydrogen-bond donors (Lipinski definition) is 2. The van der Waals surface area contributed by atoms with Crippen LogP contribution in [-0.2, 0) is 0 Å². The second kappa shape index (κ2) is 6.01. The van der Waals surface area contributed by atoms with E-state index in [2.05, 4.69) is 33.2 Å². The average molecular weight is 327 g/mol. The second-order valence-corrected chi connectivity index (χ2v) is 6.26. The summed E-state index contributed by atoms with van der Waals surface area (Å²) in [7, 11) is 0. The number of carbonyl (C=O) groups is 1. The fourth-order valence-electron chi connectivity index (χ4n) is 2.49. The van der Waals surface area contributed by atoms with Gasteiger partial charge >= 0.3 is 0 Å². The van der Waals surface area contributed by atoms with E-state index in [1.54, 1.807) is 18.3 Å². The average Bonchev–Trinajstić information content (AvgIpc) is 2.42. The molecule has 1 fully saturated rings. The van der Waals surface area contributed by atoms with E-state index in [-0.39, 0.29) is 12.5 Å². The lowest BCUT2D eigenvalue weighted by atomic mass is 9.77. The van der Waals surface area contributed by atoms with Crippen molar-refractivity contribution in [2.75, 3.05) is 6.61 Å². The number of pyridine rings is 1. The fourth-order valence-corrected chi connectivity index (χ4v) is 2.93. The summed E-state index contributed by atoms with van der Waals surface area (Å²) in [5.41, 5.74) is -0.116. The van der Waals surface area contributed by atoms with Gasteiger partial charge in [-0.1, -0.05) is 6.92 Å². The summed E-state index contributed by atoms with van der Waals surface area (Å²) in [6, 6.07) is 3.56. The molecule has 1 aromatic heterocycles. The van der Waals surface area contributed by atoms with Crippen LogP contribution in [0, 0.1) is 5.92 Å². The lowest BCUT2D eigenvalue weighted by Crippen LogP contribution is -2.53. The molecule has 0 aromatic carbocycles. The zero-order valence-corrected chi connectivity index (χ0v) is 12.6. The Bertz CT molecular complexity index is 457. The first-order chi connectivity index (χ1) is 9.06. The minimum Gasteiger partial charge on any atom is -0.394 e.